The molecule has 0 saturated carbocycles. The number of nitrogens with one attached hydrogen (secondary N) is 3. The topological polar surface area (TPSA) is 120 Å². The molecular formula is C23H29N7OS. The molecule has 1 saturated heterocycles. The fourth-order valence-electron chi connectivity index (χ4n) is 4.38. The van der Waals surface area contributed by atoms with Gasteiger partial charge in [0, 0.05) is 42.5 Å². The standard InChI is InChI=1S/C21H24N6S.C2H5NO/c22-11-13-9-16(17(10-15(13)23)27-7-3-4-8-27)26-20-19-14-5-1-2-6-18(14)28-21(19)25-12-24-20;1-3-2-4/h9-12,22H,1-8,23H2,(H,24,25,26);2H,1H3,(H,3,4). The van der Waals surface area contributed by atoms with Crippen LogP contribution in [0.15, 0.2) is 18.5 Å². The van der Waals surface area contributed by atoms with Crippen LogP contribution in [0.1, 0.15) is 41.7 Å². The van der Waals surface area contributed by atoms with Gasteiger partial charge in [0.25, 0.3) is 0 Å². The molecule has 1 aromatic carbocycles. The van der Waals surface area contributed by atoms with Crippen molar-refractivity contribution in [2.45, 2.75) is 38.5 Å². The number of hydrogen-bond acceptors (Lipinski definition) is 8. The summed E-state index contributed by atoms with van der Waals surface area (Å²) in [6.07, 6.45) is 10.7. The first-order valence-electron chi connectivity index (χ1n) is 11.0. The van der Waals surface area contributed by atoms with Crippen LogP contribution in [0, 0.1) is 5.41 Å². The van der Waals surface area contributed by atoms with Gasteiger partial charge in [-0.15, -0.1) is 11.3 Å². The largest absolute Gasteiger partial charge is 0.398 e. The molecule has 0 bridgehead atoms. The van der Waals surface area contributed by atoms with Gasteiger partial charge in [-0.3, -0.25) is 4.79 Å². The van der Waals surface area contributed by atoms with E-state index in [1.165, 1.54) is 47.7 Å². The number of nitrogen functional groups attached to an aromatic ring is 1. The molecule has 168 valence electrons. The van der Waals surface area contributed by atoms with E-state index in [-0.39, 0.29) is 0 Å². The van der Waals surface area contributed by atoms with Crippen molar-refractivity contribution < 1.29 is 4.79 Å². The number of aryl methyl sites for hydroxylation is 2. The smallest absolute Gasteiger partial charge is 0.206 e. The predicted molar refractivity (Wildman–Crippen MR) is 133 cm³/mol. The SMILES string of the molecule is CNC=O.N=Cc1cc(Nc2ncnc3sc4c(c23)CCCC4)c(N2CCCC2)cc1N. The Hall–Kier alpha value is -3.20. The van der Waals surface area contributed by atoms with E-state index in [4.69, 9.17) is 15.9 Å². The molecule has 2 aromatic heterocycles. The highest BCUT2D eigenvalue weighted by Gasteiger charge is 2.22. The number of hydrogen-bond donors (Lipinski definition) is 4. The van der Waals surface area contributed by atoms with Crippen LogP contribution in [0.4, 0.5) is 22.9 Å². The molecule has 3 heterocycles. The zero-order valence-corrected chi connectivity index (χ0v) is 19.1. The number of anilines is 4. The Kier molecular flexibility index (Phi) is 6.84. The Morgan fingerprint density at radius 2 is 1.91 bits per heavy atom. The maximum atomic E-state index is 9.06. The third kappa shape index (κ3) is 4.38. The number of fused-ring (bicyclic) bond motifs is 3. The van der Waals surface area contributed by atoms with E-state index in [0.717, 1.165) is 53.5 Å². The van der Waals surface area contributed by atoms with Gasteiger partial charge in [0.2, 0.25) is 6.41 Å². The van der Waals surface area contributed by atoms with E-state index in [1.807, 2.05) is 12.1 Å². The van der Waals surface area contributed by atoms with E-state index in [9.17, 15) is 0 Å². The molecule has 0 unspecified atom stereocenters. The molecule has 5 N–H and O–H groups in total. The number of thiophene rings is 1. The maximum Gasteiger partial charge on any atom is 0.206 e. The zero-order chi connectivity index (χ0) is 22.5. The summed E-state index contributed by atoms with van der Waals surface area (Å²) in [5.41, 5.74) is 11.0. The fourth-order valence-corrected chi connectivity index (χ4v) is 5.61. The summed E-state index contributed by atoms with van der Waals surface area (Å²) in [5.74, 6) is 0.866. The molecule has 5 rings (SSSR count). The predicted octanol–water partition coefficient (Wildman–Crippen LogP) is 3.86. The van der Waals surface area contributed by atoms with Crippen molar-refractivity contribution in [1.29, 1.82) is 5.41 Å². The van der Waals surface area contributed by atoms with Crippen LogP contribution in [0.25, 0.3) is 10.2 Å². The quantitative estimate of drug-likeness (QED) is 0.266. The number of nitrogens with zero attached hydrogens (tertiary/aromatic N) is 3. The van der Waals surface area contributed by atoms with Crippen LogP contribution in [-0.2, 0) is 17.6 Å². The Morgan fingerprint density at radius 3 is 2.62 bits per heavy atom. The van der Waals surface area contributed by atoms with Crippen LogP contribution in [0.2, 0.25) is 0 Å². The molecule has 3 aromatic rings. The van der Waals surface area contributed by atoms with E-state index in [1.54, 1.807) is 24.7 Å². The third-order valence-electron chi connectivity index (χ3n) is 5.93. The molecule has 0 atom stereocenters. The summed E-state index contributed by atoms with van der Waals surface area (Å²) in [4.78, 5) is 23.1. The minimum Gasteiger partial charge on any atom is -0.398 e. The van der Waals surface area contributed by atoms with E-state index in [2.05, 4.69) is 25.5 Å². The molecular weight excluding hydrogens is 422 g/mol. The number of nitrogens with two attached hydrogens (primary N) is 1. The van der Waals surface area contributed by atoms with E-state index < -0.39 is 0 Å². The number of aromatic nitrogens is 2. The van der Waals surface area contributed by atoms with Crippen LogP contribution >= 0.6 is 11.3 Å². The van der Waals surface area contributed by atoms with Gasteiger partial charge in [-0.2, -0.15) is 0 Å². The third-order valence-corrected chi connectivity index (χ3v) is 7.13. The highest BCUT2D eigenvalue weighted by molar-refractivity contribution is 7.19. The lowest BCUT2D eigenvalue weighted by Crippen LogP contribution is -2.19. The van der Waals surface area contributed by atoms with Gasteiger partial charge >= 0.3 is 0 Å². The molecule has 8 nitrogen and oxygen atoms in total. The lowest BCUT2D eigenvalue weighted by Gasteiger charge is -2.23. The van der Waals surface area contributed by atoms with Crippen molar-refractivity contribution in [1.82, 2.24) is 15.3 Å². The Balaban J connectivity index is 0.000000567. The fraction of sp³-hybridized carbons (Fsp3) is 0.391. The van der Waals surface area contributed by atoms with Crippen molar-refractivity contribution in [3.05, 3.63) is 34.5 Å². The number of amides is 1. The van der Waals surface area contributed by atoms with Crippen molar-refractivity contribution in [3.63, 3.8) is 0 Å². The number of benzene rings is 1. The lowest BCUT2D eigenvalue weighted by atomic mass is 9.97. The van der Waals surface area contributed by atoms with Gasteiger partial charge in [-0.1, -0.05) is 0 Å². The van der Waals surface area contributed by atoms with Crippen molar-refractivity contribution in [3.8, 4) is 0 Å². The van der Waals surface area contributed by atoms with Crippen LogP contribution in [0.3, 0.4) is 0 Å². The van der Waals surface area contributed by atoms with Gasteiger partial charge in [0.1, 0.15) is 17.0 Å². The molecule has 1 aliphatic carbocycles. The second-order valence-corrected chi connectivity index (χ2v) is 9.07. The first kappa shape index (κ1) is 22.0. The number of carbonyl (C=O) groups excluding carboxylic acids is 1. The monoisotopic (exact) mass is 451 g/mol. The maximum absolute atomic E-state index is 9.06. The average Bonchev–Trinajstić information content (AvgIpc) is 3.48. The lowest BCUT2D eigenvalue weighted by molar-refractivity contribution is -0.109. The summed E-state index contributed by atoms with van der Waals surface area (Å²) >= 11 is 1.81. The first-order valence-corrected chi connectivity index (χ1v) is 11.8. The summed E-state index contributed by atoms with van der Waals surface area (Å²) in [5, 5.41) is 14.7. The Labute approximate surface area is 191 Å². The molecule has 1 fully saturated rings. The summed E-state index contributed by atoms with van der Waals surface area (Å²) in [6, 6.07) is 3.97. The van der Waals surface area contributed by atoms with E-state index in [0.29, 0.717) is 12.1 Å². The van der Waals surface area contributed by atoms with Gasteiger partial charge in [0.15, 0.2) is 0 Å². The van der Waals surface area contributed by atoms with Gasteiger partial charge in [0.05, 0.1) is 16.8 Å². The zero-order valence-electron chi connectivity index (χ0n) is 18.3. The van der Waals surface area contributed by atoms with Gasteiger partial charge in [-0.05, 0) is 56.2 Å². The summed E-state index contributed by atoms with van der Waals surface area (Å²) < 4.78 is 0. The van der Waals surface area contributed by atoms with Crippen LogP contribution in [0.5, 0.6) is 0 Å². The molecule has 32 heavy (non-hydrogen) atoms. The normalized spacial score (nSPS) is 15.0. The molecule has 0 spiro atoms. The Morgan fingerprint density at radius 1 is 1.16 bits per heavy atom. The second kappa shape index (κ2) is 9.95. The molecule has 1 aliphatic heterocycles. The van der Waals surface area contributed by atoms with Crippen molar-refractivity contribution >= 4 is 57.1 Å². The highest BCUT2D eigenvalue weighted by atomic mass is 32.1. The second-order valence-electron chi connectivity index (χ2n) is 7.98. The molecule has 9 heteroatoms. The average molecular weight is 452 g/mol. The van der Waals surface area contributed by atoms with Gasteiger partial charge < -0.3 is 26.7 Å². The number of rotatable bonds is 5. The van der Waals surface area contributed by atoms with Crippen LogP contribution in [-0.4, -0.2) is 42.7 Å². The van der Waals surface area contributed by atoms with Gasteiger partial charge in [-0.25, -0.2) is 9.97 Å². The minimum atomic E-state index is 0.625. The summed E-state index contributed by atoms with van der Waals surface area (Å²) in [7, 11) is 1.56. The molecule has 2 aliphatic rings. The molecule has 0 radical (unpaired) electrons. The minimum absolute atomic E-state index is 0.625. The Bertz CT molecular complexity index is 1120. The number of carbonyl (C=O) groups is 1. The molecule has 1 amide bonds. The van der Waals surface area contributed by atoms with E-state index >= 15 is 0 Å². The van der Waals surface area contributed by atoms with Crippen LogP contribution < -0.4 is 21.3 Å². The highest BCUT2D eigenvalue weighted by Crippen LogP contribution is 2.41. The van der Waals surface area contributed by atoms with Crippen molar-refractivity contribution in [2.75, 3.05) is 36.1 Å². The first-order chi connectivity index (χ1) is 15.7. The van der Waals surface area contributed by atoms with Crippen molar-refractivity contribution in [2.24, 2.45) is 0 Å². The summed E-state index contributed by atoms with van der Waals surface area (Å²) in [6.45, 7) is 2.07.